The molecule has 2 heterocycles. The number of amides is 1. The number of aryl methyl sites for hydroxylation is 1. The van der Waals surface area contributed by atoms with Crippen molar-refractivity contribution in [2.24, 2.45) is 0 Å². The zero-order chi connectivity index (χ0) is 20.5. The fourth-order valence-corrected chi connectivity index (χ4v) is 3.55. The van der Waals surface area contributed by atoms with Crippen molar-refractivity contribution in [2.45, 2.75) is 19.9 Å². The first-order valence-corrected chi connectivity index (χ1v) is 9.40. The van der Waals surface area contributed by atoms with Crippen LogP contribution in [0.5, 0.6) is 5.75 Å². The molecule has 0 radical (unpaired) electrons. The van der Waals surface area contributed by atoms with Gasteiger partial charge in [0.05, 0.1) is 23.2 Å². The number of hydrogen-bond acceptors (Lipinski definition) is 5. The highest BCUT2D eigenvalue weighted by Gasteiger charge is 2.17. The molecule has 4 rings (SSSR count). The maximum absolute atomic E-state index is 13.0. The summed E-state index contributed by atoms with van der Waals surface area (Å²) in [6, 6.07) is 12.3. The van der Waals surface area contributed by atoms with Crippen LogP contribution in [0.3, 0.4) is 0 Å². The standard InChI is InChI=1S/C20H18ClN5O3/c1-3-17-23-24-19-20(28)25(14-6-4-5-7-15(14)26(17)19)11-18(27)22-12-8-9-16(29-2)13(21)10-12/h4-10H,3,11H2,1-2H3,(H,22,27). The summed E-state index contributed by atoms with van der Waals surface area (Å²) in [7, 11) is 1.52. The summed E-state index contributed by atoms with van der Waals surface area (Å²) in [5.74, 6) is 0.840. The van der Waals surface area contributed by atoms with Crippen molar-refractivity contribution < 1.29 is 9.53 Å². The summed E-state index contributed by atoms with van der Waals surface area (Å²) >= 11 is 6.11. The number of para-hydroxylation sites is 2. The van der Waals surface area contributed by atoms with E-state index < -0.39 is 0 Å². The molecule has 1 amide bonds. The predicted molar refractivity (Wildman–Crippen MR) is 111 cm³/mol. The molecule has 4 aromatic rings. The number of rotatable bonds is 5. The Bertz CT molecular complexity index is 1290. The molecule has 1 N–H and O–H groups in total. The third-order valence-electron chi connectivity index (χ3n) is 4.63. The third-order valence-corrected chi connectivity index (χ3v) is 4.93. The number of methoxy groups -OCH3 is 1. The van der Waals surface area contributed by atoms with Crippen molar-refractivity contribution in [3.05, 3.63) is 63.7 Å². The fraction of sp³-hybridized carbons (Fsp3) is 0.200. The van der Waals surface area contributed by atoms with Crippen LogP contribution in [0, 0.1) is 0 Å². The van der Waals surface area contributed by atoms with E-state index in [0.717, 1.165) is 5.52 Å². The molecule has 148 valence electrons. The van der Waals surface area contributed by atoms with Crippen LogP contribution in [0.1, 0.15) is 12.7 Å². The van der Waals surface area contributed by atoms with Crippen LogP contribution in [0.4, 0.5) is 5.69 Å². The lowest BCUT2D eigenvalue weighted by atomic mass is 10.2. The number of anilines is 1. The Balaban J connectivity index is 1.74. The van der Waals surface area contributed by atoms with Crippen LogP contribution < -0.4 is 15.6 Å². The van der Waals surface area contributed by atoms with Crippen LogP contribution in [0.15, 0.2) is 47.3 Å². The average Bonchev–Trinajstić information content (AvgIpc) is 3.16. The summed E-state index contributed by atoms with van der Waals surface area (Å²) in [5, 5.41) is 11.3. The number of carbonyl (C=O) groups excluding carboxylic acids is 1. The van der Waals surface area contributed by atoms with Crippen molar-refractivity contribution in [1.29, 1.82) is 0 Å². The second-order valence-electron chi connectivity index (χ2n) is 6.41. The minimum atomic E-state index is -0.376. The first-order chi connectivity index (χ1) is 14.0. The monoisotopic (exact) mass is 411 g/mol. The van der Waals surface area contributed by atoms with Crippen molar-refractivity contribution >= 4 is 39.9 Å². The van der Waals surface area contributed by atoms with Gasteiger partial charge in [-0.3, -0.25) is 18.6 Å². The zero-order valence-corrected chi connectivity index (χ0v) is 16.6. The molecular formula is C20H18ClN5O3. The van der Waals surface area contributed by atoms with E-state index in [1.165, 1.54) is 11.7 Å². The molecule has 0 saturated heterocycles. The van der Waals surface area contributed by atoms with Gasteiger partial charge in [0.2, 0.25) is 11.6 Å². The number of aromatic nitrogens is 4. The number of fused-ring (bicyclic) bond motifs is 3. The summed E-state index contributed by atoms with van der Waals surface area (Å²) in [6.45, 7) is 1.78. The van der Waals surface area contributed by atoms with Gasteiger partial charge in [-0.2, -0.15) is 0 Å². The van der Waals surface area contributed by atoms with E-state index in [4.69, 9.17) is 16.3 Å². The molecule has 0 bridgehead atoms. The van der Waals surface area contributed by atoms with E-state index >= 15 is 0 Å². The van der Waals surface area contributed by atoms with Gasteiger partial charge in [-0.1, -0.05) is 30.7 Å². The zero-order valence-electron chi connectivity index (χ0n) is 15.8. The third kappa shape index (κ3) is 3.31. The molecular weight excluding hydrogens is 394 g/mol. The van der Waals surface area contributed by atoms with Crippen LogP contribution in [0.2, 0.25) is 5.02 Å². The van der Waals surface area contributed by atoms with E-state index in [-0.39, 0.29) is 23.7 Å². The second-order valence-corrected chi connectivity index (χ2v) is 6.81. The Morgan fingerprint density at radius 3 is 2.62 bits per heavy atom. The molecule has 0 aliphatic rings. The summed E-state index contributed by atoms with van der Waals surface area (Å²) in [5.41, 5.74) is 1.72. The summed E-state index contributed by atoms with van der Waals surface area (Å²) in [4.78, 5) is 25.7. The Morgan fingerprint density at radius 1 is 1.17 bits per heavy atom. The first-order valence-electron chi connectivity index (χ1n) is 9.02. The van der Waals surface area contributed by atoms with E-state index in [0.29, 0.717) is 34.2 Å². The van der Waals surface area contributed by atoms with Gasteiger partial charge in [0, 0.05) is 12.1 Å². The minimum Gasteiger partial charge on any atom is -0.495 e. The molecule has 2 aromatic heterocycles. The molecule has 0 spiro atoms. The molecule has 2 aromatic carbocycles. The highest BCUT2D eigenvalue weighted by molar-refractivity contribution is 6.32. The van der Waals surface area contributed by atoms with Crippen molar-refractivity contribution in [1.82, 2.24) is 19.2 Å². The largest absolute Gasteiger partial charge is 0.495 e. The Kier molecular flexibility index (Phi) is 4.94. The van der Waals surface area contributed by atoms with Gasteiger partial charge in [0.25, 0.3) is 5.56 Å². The summed E-state index contributed by atoms with van der Waals surface area (Å²) < 4.78 is 8.26. The highest BCUT2D eigenvalue weighted by atomic mass is 35.5. The number of hydrogen-bond donors (Lipinski definition) is 1. The van der Waals surface area contributed by atoms with Gasteiger partial charge in [-0.25, -0.2) is 0 Å². The number of ether oxygens (including phenoxy) is 1. The predicted octanol–water partition coefficient (Wildman–Crippen LogP) is 2.91. The number of nitrogens with zero attached hydrogens (tertiary/aromatic N) is 4. The molecule has 29 heavy (non-hydrogen) atoms. The van der Waals surface area contributed by atoms with E-state index in [1.54, 1.807) is 28.7 Å². The van der Waals surface area contributed by atoms with Crippen molar-refractivity contribution in [2.75, 3.05) is 12.4 Å². The lowest BCUT2D eigenvalue weighted by Crippen LogP contribution is -2.29. The second kappa shape index (κ2) is 7.56. The Morgan fingerprint density at radius 2 is 1.93 bits per heavy atom. The molecule has 0 saturated carbocycles. The highest BCUT2D eigenvalue weighted by Crippen LogP contribution is 2.27. The molecule has 0 fully saturated rings. The number of carbonyl (C=O) groups is 1. The molecule has 8 nitrogen and oxygen atoms in total. The fourth-order valence-electron chi connectivity index (χ4n) is 3.29. The molecule has 0 aliphatic heterocycles. The van der Waals surface area contributed by atoms with Gasteiger partial charge in [0.1, 0.15) is 18.1 Å². The molecule has 0 aliphatic carbocycles. The molecule has 9 heteroatoms. The van der Waals surface area contributed by atoms with E-state index in [2.05, 4.69) is 15.5 Å². The van der Waals surface area contributed by atoms with Gasteiger partial charge in [-0.15, -0.1) is 10.2 Å². The Hall–Kier alpha value is -3.39. The lowest BCUT2D eigenvalue weighted by molar-refractivity contribution is -0.116. The van der Waals surface area contributed by atoms with E-state index in [9.17, 15) is 9.59 Å². The van der Waals surface area contributed by atoms with Crippen LogP contribution in [-0.2, 0) is 17.8 Å². The van der Waals surface area contributed by atoms with Crippen LogP contribution in [-0.4, -0.2) is 32.2 Å². The smallest absolute Gasteiger partial charge is 0.297 e. The summed E-state index contributed by atoms with van der Waals surface area (Å²) in [6.07, 6.45) is 0.632. The first kappa shape index (κ1) is 18.9. The van der Waals surface area contributed by atoms with Gasteiger partial charge >= 0.3 is 0 Å². The minimum absolute atomic E-state index is 0.173. The van der Waals surface area contributed by atoms with Crippen LogP contribution in [0.25, 0.3) is 16.7 Å². The quantitative estimate of drug-likeness (QED) is 0.545. The molecule has 0 unspecified atom stereocenters. The SMILES string of the molecule is CCc1nnc2c(=O)n(CC(=O)Nc3ccc(OC)c(Cl)c3)c3ccccc3n12. The number of benzene rings is 2. The maximum atomic E-state index is 13.0. The lowest BCUT2D eigenvalue weighted by Gasteiger charge is -2.13. The van der Waals surface area contributed by atoms with Crippen LogP contribution >= 0.6 is 11.6 Å². The number of nitrogens with one attached hydrogen (secondary N) is 1. The normalized spacial score (nSPS) is 11.1. The maximum Gasteiger partial charge on any atom is 0.297 e. The van der Waals surface area contributed by atoms with Gasteiger partial charge in [0.15, 0.2) is 0 Å². The Labute approximate surface area is 170 Å². The topological polar surface area (TPSA) is 90.5 Å². The molecule has 0 atom stereocenters. The van der Waals surface area contributed by atoms with Gasteiger partial charge < -0.3 is 10.1 Å². The number of halogens is 1. The van der Waals surface area contributed by atoms with Crippen molar-refractivity contribution in [3.8, 4) is 5.75 Å². The average molecular weight is 412 g/mol. The van der Waals surface area contributed by atoms with Crippen molar-refractivity contribution in [3.63, 3.8) is 0 Å². The van der Waals surface area contributed by atoms with E-state index in [1.807, 2.05) is 25.1 Å². The van der Waals surface area contributed by atoms with Gasteiger partial charge in [-0.05, 0) is 30.3 Å².